The molecule has 0 atom stereocenters. The van der Waals surface area contributed by atoms with Gasteiger partial charge in [0.25, 0.3) is 0 Å². The summed E-state index contributed by atoms with van der Waals surface area (Å²) in [6.45, 7) is 0. The molecule has 2 heteroatoms. The molecule has 0 unspecified atom stereocenters. The van der Waals surface area contributed by atoms with E-state index in [1.165, 1.54) is 60.0 Å². The summed E-state index contributed by atoms with van der Waals surface area (Å²) in [4.78, 5) is 0. The molecule has 0 saturated heterocycles. The molecule has 8 aromatic carbocycles. The standard InChI is InChI=1S/C42H24O2/c1-3-12-32-30(10-1)40(26-17-20-28-25(23-26)18-22-39-42(28)34-14-6-8-16-37(34)44-39)31-11-2-4-13-33(31)41(32)27-19-21-38-35(24-27)29-9-5-7-15-36(29)43-38/h1-24H. The van der Waals surface area contributed by atoms with E-state index in [0.29, 0.717) is 0 Å². The van der Waals surface area contributed by atoms with Crippen LogP contribution in [0.1, 0.15) is 0 Å². The molecule has 0 aliphatic heterocycles. The maximum Gasteiger partial charge on any atom is 0.136 e. The molecule has 10 aromatic rings. The highest BCUT2D eigenvalue weighted by atomic mass is 16.3. The Labute approximate surface area is 252 Å². The Hall–Kier alpha value is -5.86. The summed E-state index contributed by atoms with van der Waals surface area (Å²) in [6.07, 6.45) is 0. The second kappa shape index (κ2) is 8.82. The third-order valence-electron chi connectivity index (χ3n) is 9.24. The van der Waals surface area contributed by atoms with Crippen molar-refractivity contribution in [2.45, 2.75) is 0 Å². The van der Waals surface area contributed by atoms with Crippen LogP contribution in [0.25, 0.3) is 98.4 Å². The molecule has 0 radical (unpaired) electrons. The largest absolute Gasteiger partial charge is 0.456 e. The number of rotatable bonds is 2. The van der Waals surface area contributed by atoms with Gasteiger partial charge in [-0.05, 0) is 91.0 Å². The molecular formula is C42H24O2. The fourth-order valence-corrected chi connectivity index (χ4v) is 7.34. The molecule has 0 fully saturated rings. The van der Waals surface area contributed by atoms with Crippen molar-refractivity contribution < 1.29 is 8.83 Å². The maximum atomic E-state index is 6.19. The molecule has 2 nitrogen and oxygen atoms in total. The van der Waals surface area contributed by atoms with Crippen molar-refractivity contribution in [3.8, 4) is 22.3 Å². The van der Waals surface area contributed by atoms with Crippen LogP contribution in [-0.2, 0) is 0 Å². The van der Waals surface area contributed by atoms with E-state index in [1.807, 2.05) is 24.3 Å². The third kappa shape index (κ3) is 3.25. The molecule has 0 aliphatic carbocycles. The lowest BCUT2D eigenvalue weighted by Crippen LogP contribution is -1.91. The van der Waals surface area contributed by atoms with E-state index in [4.69, 9.17) is 8.83 Å². The van der Waals surface area contributed by atoms with Crippen molar-refractivity contribution in [3.63, 3.8) is 0 Å². The lowest BCUT2D eigenvalue weighted by Gasteiger charge is -2.18. The molecule has 2 heterocycles. The van der Waals surface area contributed by atoms with Gasteiger partial charge in [-0.3, -0.25) is 0 Å². The Kier molecular flexibility index (Phi) is 4.75. The fourth-order valence-electron chi connectivity index (χ4n) is 7.34. The van der Waals surface area contributed by atoms with E-state index < -0.39 is 0 Å². The minimum Gasteiger partial charge on any atom is -0.456 e. The van der Waals surface area contributed by atoms with Gasteiger partial charge in [-0.15, -0.1) is 0 Å². The van der Waals surface area contributed by atoms with Gasteiger partial charge in [0.15, 0.2) is 0 Å². The van der Waals surface area contributed by atoms with Crippen LogP contribution in [-0.4, -0.2) is 0 Å². The number of hydrogen-bond donors (Lipinski definition) is 0. The van der Waals surface area contributed by atoms with Gasteiger partial charge in [-0.1, -0.05) is 109 Å². The zero-order valence-corrected chi connectivity index (χ0v) is 23.7. The SMILES string of the molecule is c1ccc2c(c1)oc1ccc(-c3c4ccccc4c(-c4ccc5c(ccc6oc7ccccc7c65)c4)c4ccccc34)cc12. The van der Waals surface area contributed by atoms with Crippen molar-refractivity contribution in [2.75, 3.05) is 0 Å². The Morgan fingerprint density at radius 1 is 0.295 bits per heavy atom. The first-order chi connectivity index (χ1) is 21.8. The highest BCUT2D eigenvalue weighted by molar-refractivity contribution is 6.24. The van der Waals surface area contributed by atoms with Crippen molar-refractivity contribution in [2.24, 2.45) is 0 Å². The van der Waals surface area contributed by atoms with Gasteiger partial charge in [0, 0.05) is 21.5 Å². The van der Waals surface area contributed by atoms with Crippen molar-refractivity contribution >= 4 is 76.2 Å². The first kappa shape index (κ1) is 23.7. The van der Waals surface area contributed by atoms with Crippen molar-refractivity contribution in [1.29, 1.82) is 0 Å². The normalized spacial score (nSPS) is 12.1. The summed E-state index contributed by atoms with van der Waals surface area (Å²) in [7, 11) is 0. The van der Waals surface area contributed by atoms with E-state index >= 15 is 0 Å². The number of benzene rings is 8. The number of fused-ring (bicyclic) bond motifs is 10. The predicted octanol–water partition coefficient (Wildman–Crippen LogP) is 12.3. The van der Waals surface area contributed by atoms with Gasteiger partial charge >= 0.3 is 0 Å². The van der Waals surface area contributed by atoms with Crippen LogP contribution >= 0.6 is 0 Å². The van der Waals surface area contributed by atoms with E-state index in [-0.39, 0.29) is 0 Å². The first-order valence-electron chi connectivity index (χ1n) is 15.0. The average molecular weight is 561 g/mol. The molecule has 204 valence electrons. The van der Waals surface area contributed by atoms with Crippen LogP contribution in [0.3, 0.4) is 0 Å². The molecular weight excluding hydrogens is 536 g/mol. The predicted molar refractivity (Wildman–Crippen MR) is 184 cm³/mol. The van der Waals surface area contributed by atoms with Crippen LogP contribution in [0.5, 0.6) is 0 Å². The number of furan rings is 2. The highest BCUT2D eigenvalue weighted by Gasteiger charge is 2.18. The minimum atomic E-state index is 0.913. The van der Waals surface area contributed by atoms with E-state index in [2.05, 4.69) is 121 Å². The van der Waals surface area contributed by atoms with Gasteiger partial charge in [0.05, 0.1) is 0 Å². The summed E-state index contributed by atoms with van der Waals surface area (Å²) in [5, 5.41) is 12.0. The fraction of sp³-hybridized carbons (Fsp3) is 0. The Bertz CT molecular complexity index is 2720. The molecule has 10 rings (SSSR count). The van der Waals surface area contributed by atoms with Gasteiger partial charge in [0.1, 0.15) is 22.3 Å². The summed E-state index contributed by atoms with van der Waals surface area (Å²) < 4.78 is 12.4. The van der Waals surface area contributed by atoms with Crippen molar-refractivity contribution in [1.82, 2.24) is 0 Å². The Morgan fingerprint density at radius 3 is 1.45 bits per heavy atom. The van der Waals surface area contributed by atoms with Crippen LogP contribution in [0.15, 0.2) is 154 Å². The molecule has 0 bridgehead atoms. The maximum absolute atomic E-state index is 6.19. The van der Waals surface area contributed by atoms with Crippen LogP contribution < -0.4 is 0 Å². The first-order valence-corrected chi connectivity index (χ1v) is 15.0. The van der Waals surface area contributed by atoms with Gasteiger partial charge < -0.3 is 8.83 Å². The quantitative estimate of drug-likeness (QED) is 0.197. The monoisotopic (exact) mass is 560 g/mol. The van der Waals surface area contributed by atoms with Gasteiger partial charge in [-0.25, -0.2) is 0 Å². The highest BCUT2D eigenvalue weighted by Crippen LogP contribution is 2.45. The zero-order valence-electron chi connectivity index (χ0n) is 23.7. The van der Waals surface area contributed by atoms with Crippen LogP contribution in [0, 0.1) is 0 Å². The molecule has 2 aromatic heterocycles. The van der Waals surface area contributed by atoms with Gasteiger partial charge in [-0.2, -0.15) is 0 Å². The van der Waals surface area contributed by atoms with E-state index in [9.17, 15) is 0 Å². The third-order valence-corrected chi connectivity index (χ3v) is 9.24. The molecule has 0 amide bonds. The number of para-hydroxylation sites is 2. The zero-order chi connectivity index (χ0) is 28.8. The Balaban J connectivity index is 1.26. The van der Waals surface area contributed by atoms with Crippen LogP contribution in [0.4, 0.5) is 0 Å². The summed E-state index contributed by atoms with van der Waals surface area (Å²) >= 11 is 0. The van der Waals surface area contributed by atoms with Gasteiger partial charge in [0.2, 0.25) is 0 Å². The molecule has 0 spiro atoms. The second-order valence-electron chi connectivity index (χ2n) is 11.6. The minimum absolute atomic E-state index is 0.913. The molecule has 0 N–H and O–H groups in total. The summed E-state index contributed by atoms with van der Waals surface area (Å²) in [5.41, 5.74) is 8.59. The average Bonchev–Trinajstić information content (AvgIpc) is 3.65. The van der Waals surface area contributed by atoms with Crippen molar-refractivity contribution in [3.05, 3.63) is 146 Å². The topological polar surface area (TPSA) is 26.3 Å². The summed E-state index contributed by atoms with van der Waals surface area (Å²) in [6, 6.07) is 52.1. The second-order valence-corrected chi connectivity index (χ2v) is 11.6. The lowest BCUT2D eigenvalue weighted by molar-refractivity contribution is 0.668. The smallest absolute Gasteiger partial charge is 0.136 e. The Morgan fingerprint density at radius 2 is 0.773 bits per heavy atom. The number of hydrogen-bond acceptors (Lipinski definition) is 2. The molecule has 0 saturated carbocycles. The summed E-state index contributed by atoms with van der Waals surface area (Å²) in [5.74, 6) is 0. The lowest BCUT2D eigenvalue weighted by atomic mass is 9.85. The van der Waals surface area contributed by atoms with E-state index in [0.717, 1.165) is 38.5 Å². The molecule has 0 aliphatic rings. The molecule has 44 heavy (non-hydrogen) atoms. The van der Waals surface area contributed by atoms with E-state index in [1.54, 1.807) is 0 Å². The van der Waals surface area contributed by atoms with Crippen LogP contribution in [0.2, 0.25) is 0 Å².